The summed E-state index contributed by atoms with van der Waals surface area (Å²) in [5, 5.41) is 14.1. The van der Waals surface area contributed by atoms with E-state index in [-0.39, 0.29) is 17.9 Å². The van der Waals surface area contributed by atoms with E-state index in [0.717, 1.165) is 11.8 Å². The van der Waals surface area contributed by atoms with Gasteiger partial charge in [-0.3, -0.25) is 4.79 Å². The van der Waals surface area contributed by atoms with Gasteiger partial charge in [0, 0.05) is 6.54 Å². The molecule has 0 aromatic heterocycles. The van der Waals surface area contributed by atoms with Crippen LogP contribution >= 0.6 is 0 Å². The molecule has 0 aliphatic heterocycles. The smallest absolute Gasteiger partial charge is 0.387 e. The van der Waals surface area contributed by atoms with Crippen molar-refractivity contribution in [3.8, 4) is 5.75 Å². The van der Waals surface area contributed by atoms with E-state index in [1.807, 2.05) is 0 Å². The van der Waals surface area contributed by atoms with Crippen LogP contribution in [0.1, 0.15) is 29.6 Å². The van der Waals surface area contributed by atoms with Gasteiger partial charge in [0.15, 0.2) is 0 Å². The van der Waals surface area contributed by atoms with Crippen LogP contribution in [-0.2, 0) is 0 Å². The molecule has 23 heavy (non-hydrogen) atoms. The summed E-state index contributed by atoms with van der Waals surface area (Å²) in [4.78, 5) is 12.3. The molecule has 122 valence electrons. The van der Waals surface area contributed by atoms with Crippen LogP contribution in [0.25, 0.3) is 10.8 Å². The Kier molecular flexibility index (Phi) is 4.17. The van der Waals surface area contributed by atoms with Gasteiger partial charge < -0.3 is 15.2 Å². The lowest BCUT2D eigenvalue weighted by Gasteiger charge is -2.36. The third-order valence-electron chi connectivity index (χ3n) is 4.17. The Morgan fingerprint density at radius 3 is 2.48 bits per heavy atom. The number of benzene rings is 2. The molecule has 1 saturated carbocycles. The average molecular weight is 321 g/mol. The number of hydrogen-bond donors (Lipinski definition) is 2. The maximum absolute atomic E-state index is 12.6. The summed E-state index contributed by atoms with van der Waals surface area (Å²) >= 11 is 0. The van der Waals surface area contributed by atoms with E-state index in [1.165, 1.54) is 12.1 Å². The number of rotatable bonds is 5. The van der Waals surface area contributed by atoms with Crippen LogP contribution in [0.15, 0.2) is 36.4 Å². The second-order valence-corrected chi connectivity index (χ2v) is 5.83. The topological polar surface area (TPSA) is 58.6 Å². The number of alkyl halides is 2. The van der Waals surface area contributed by atoms with Crippen LogP contribution in [-0.4, -0.2) is 29.8 Å². The van der Waals surface area contributed by atoms with Crippen molar-refractivity contribution in [3.63, 3.8) is 0 Å². The zero-order valence-corrected chi connectivity index (χ0v) is 12.4. The fourth-order valence-corrected chi connectivity index (χ4v) is 2.69. The van der Waals surface area contributed by atoms with Gasteiger partial charge in [0.25, 0.3) is 5.91 Å². The molecule has 3 rings (SSSR count). The van der Waals surface area contributed by atoms with Crippen LogP contribution in [0.2, 0.25) is 0 Å². The molecule has 0 radical (unpaired) electrons. The molecule has 2 aromatic carbocycles. The second-order valence-electron chi connectivity index (χ2n) is 5.83. The molecule has 0 saturated heterocycles. The highest BCUT2D eigenvalue weighted by Crippen LogP contribution is 2.31. The molecule has 1 fully saturated rings. The van der Waals surface area contributed by atoms with Crippen LogP contribution in [0.4, 0.5) is 8.78 Å². The van der Waals surface area contributed by atoms with Crippen LogP contribution < -0.4 is 10.1 Å². The third kappa shape index (κ3) is 3.42. The van der Waals surface area contributed by atoms with E-state index in [4.69, 9.17) is 0 Å². The normalized spacial score (nSPS) is 16.2. The summed E-state index contributed by atoms with van der Waals surface area (Å²) in [6.45, 7) is -2.91. The van der Waals surface area contributed by atoms with Gasteiger partial charge in [0.2, 0.25) is 0 Å². The predicted octanol–water partition coefficient (Wildman–Crippen LogP) is 3.09. The van der Waals surface area contributed by atoms with Crippen molar-refractivity contribution in [2.24, 2.45) is 0 Å². The van der Waals surface area contributed by atoms with Gasteiger partial charge in [-0.25, -0.2) is 0 Å². The summed E-state index contributed by atoms with van der Waals surface area (Å²) in [7, 11) is 0. The molecular formula is C17H17F2NO3. The monoisotopic (exact) mass is 321 g/mol. The first kappa shape index (κ1) is 15.7. The average Bonchev–Trinajstić information content (AvgIpc) is 2.49. The zero-order valence-electron chi connectivity index (χ0n) is 12.4. The molecule has 0 bridgehead atoms. The Morgan fingerprint density at radius 1 is 1.26 bits per heavy atom. The van der Waals surface area contributed by atoms with Crippen molar-refractivity contribution in [2.45, 2.75) is 31.5 Å². The maximum atomic E-state index is 12.6. The van der Waals surface area contributed by atoms with Crippen LogP contribution in [0.3, 0.4) is 0 Å². The predicted molar refractivity (Wildman–Crippen MR) is 81.7 cm³/mol. The third-order valence-corrected chi connectivity index (χ3v) is 4.17. The number of carbonyl (C=O) groups excluding carboxylic acids is 1. The molecule has 0 spiro atoms. The molecule has 1 aliphatic rings. The number of ether oxygens (including phenoxy) is 1. The molecule has 0 atom stereocenters. The highest BCUT2D eigenvalue weighted by molar-refractivity contribution is 6.01. The van der Waals surface area contributed by atoms with Crippen molar-refractivity contribution in [3.05, 3.63) is 42.0 Å². The second kappa shape index (κ2) is 6.12. The van der Waals surface area contributed by atoms with Gasteiger partial charge in [-0.15, -0.1) is 0 Å². The quantitative estimate of drug-likeness (QED) is 0.890. The SMILES string of the molecule is O=C(NCC1(O)CCC1)c1cc2ccccc2cc1OC(F)F. The molecule has 1 aliphatic carbocycles. The minimum atomic E-state index is -3.02. The molecule has 0 heterocycles. The van der Waals surface area contributed by atoms with E-state index in [0.29, 0.717) is 18.2 Å². The molecular weight excluding hydrogens is 304 g/mol. The van der Waals surface area contributed by atoms with Crippen molar-refractivity contribution in [1.29, 1.82) is 0 Å². The van der Waals surface area contributed by atoms with E-state index < -0.39 is 18.1 Å². The highest BCUT2D eigenvalue weighted by Gasteiger charge is 2.34. The highest BCUT2D eigenvalue weighted by atomic mass is 19.3. The van der Waals surface area contributed by atoms with Gasteiger partial charge >= 0.3 is 6.61 Å². The molecule has 4 nitrogen and oxygen atoms in total. The maximum Gasteiger partial charge on any atom is 0.387 e. The molecule has 2 N–H and O–H groups in total. The van der Waals surface area contributed by atoms with Crippen molar-refractivity contribution >= 4 is 16.7 Å². The number of hydrogen-bond acceptors (Lipinski definition) is 3. The first-order valence-corrected chi connectivity index (χ1v) is 7.45. The summed E-state index contributed by atoms with van der Waals surface area (Å²) in [5.74, 6) is -0.705. The van der Waals surface area contributed by atoms with Gasteiger partial charge in [-0.1, -0.05) is 24.3 Å². The fraction of sp³-hybridized carbons (Fsp3) is 0.353. The Hall–Kier alpha value is -2.21. The largest absolute Gasteiger partial charge is 0.434 e. The van der Waals surface area contributed by atoms with E-state index in [2.05, 4.69) is 10.1 Å². The number of nitrogens with one attached hydrogen (secondary N) is 1. The Morgan fingerprint density at radius 2 is 1.91 bits per heavy atom. The van der Waals surface area contributed by atoms with E-state index in [9.17, 15) is 18.7 Å². The van der Waals surface area contributed by atoms with Gasteiger partial charge in [0.05, 0.1) is 11.2 Å². The lowest BCUT2D eigenvalue weighted by molar-refractivity contribution is -0.0502. The van der Waals surface area contributed by atoms with Gasteiger partial charge in [0.1, 0.15) is 5.75 Å². The Labute approximate surface area is 132 Å². The summed E-state index contributed by atoms with van der Waals surface area (Å²) in [6.07, 6.45) is 2.18. The van der Waals surface area contributed by atoms with Crippen molar-refractivity contribution < 1.29 is 23.4 Å². The number of amides is 1. The summed E-state index contributed by atoms with van der Waals surface area (Å²) < 4.78 is 29.7. The van der Waals surface area contributed by atoms with Crippen LogP contribution in [0, 0.1) is 0 Å². The lowest BCUT2D eigenvalue weighted by atomic mass is 9.80. The molecule has 1 amide bonds. The standard InChI is InChI=1S/C17H17F2NO3/c18-16(19)23-14-9-12-5-2-1-4-11(12)8-13(14)15(21)20-10-17(22)6-3-7-17/h1-2,4-5,8-9,16,22H,3,6-7,10H2,(H,20,21). The van der Waals surface area contributed by atoms with Crippen molar-refractivity contribution in [2.75, 3.05) is 6.54 Å². The summed E-state index contributed by atoms with van der Waals surface area (Å²) in [5.41, 5.74) is -0.845. The van der Waals surface area contributed by atoms with E-state index in [1.54, 1.807) is 24.3 Å². The molecule has 0 unspecified atom stereocenters. The molecule has 2 aromatic rings. The number of aliphatic hydroxyl groups is 1. The minimum Gasteiger partial charge on any atom is -0.434 e. The first-order chi connectivity index (χ1) is 11.0. The number of fused-ring (bicyclic) bond motifs is 1. The van der Waals surface area contributed by atoms with Gasteiger partial charge in [-0.2, -0.15) is 8.78 Å². The lowest BCUT2D eigenvalue weighted by Crippen LogP contribution is -2.47. The van der Waals surface area contributed by atoms with Gasteiger partial charge in [-0.05, 0) is 42.2 Å². The Balaban J connectivity index is 1.88. The minimum absolute atomic E-state index is 0.0342. The summed E-state index contributed by atoms with van der Waals surface area (Å²) in [6, 6.07) is 10.1. The first-order valence-electron chi connectivity index (χ1n) is 7.45. The fourth-order valence-electron chi connectivity index (χ4n) is 2.69. The number of carbonyl (C=O) groups is 1. The van der Waals surface area contributed by atoms with Crippen LogP contribution in [0.5, 0.6) is 5.75 Å². The number of halogens is 2. The van der Waals surface area contributed by atoms with E-state index >= 15 is 0 Å². The Bertz CT molecular complexity index is 729. The van der Waals surface area contributed by atoms with Crippen molar-refractivity contribution in [1.82, 2.24) is 5.32 Å². The molecule has 6 heteroatoms. The zero-order chi connectivity index (χ0) is 16.4.